The second-order valence-corrected chi connectivity index (χ2v) is 7.43. The number of nitrogens with zero attached hydrogens (tertiary/aromatic N) is 3. The number of hydrogen-bond donors (Lipinski definition) is 1. The molecule has 0 unspecified atom stereocenters. The fraction of sp³-hybridized carbons (Fsp3) is 0.500. The molecule has 2 fully saturated rings. The van der Waals surface area contributed by atoms with Gasteiger partial charge in [-0.05, 0) is 38.9 Å². The van der Waals surface area contributed by atoms with Crippen LogP contribution in [-0.4, -0.2) is 55.3 Å². The van der Waals surface area contributed by atoms with Gasteiger partial charge >= 0.3 is 5.97 Å². The van der Waals surface area contributed by atoms with Crippen LogP contribution in [0.2, 0.25) is 0 Å². The predicted octanol–water partition coefficient (Wildman–Crippen LogP) is 1.85. The van der Waals surface area contributed by atoms with Crippen molar-refractivity contribution in [3.05, 3.63) is 34.1 Å². The molecule has 1 aliphatic carbocycles. The lowest BCUT2D eigenvalue weighted by Crippen LogP contribution is -2.44. The Morgan fingerprint density at radius 2 is 1.89 bits per heavy atom. The standard InChI is InChI=1S/C20H26N4O3/c1-3-27-20(26)18-12-19(25)14-10-15(21)17(23-8-6-22(2)7-9-23)11-16(14)24(18)13-4-5-13/h10-13H,3-9,21H2,1-2H3. The van der Waals surface area contributed by atoms with E-state index in [1.165, 1.54) is 6.07 Å². The number of nitrogen functional groups attached to an aromatic ring is 1. The Labute approximate surface area is 158 Å². The molecule has 0 amide bonds. The van der Waals surface area contributed by atoms with E-state index in [-0.39, 0.29) is 18.1 Å². The molecule has 1 aromatic carbocycles. The molecule has 7 heteroatoms. The zero-order valence-corrected chi connectivity index (χ0v) is 15.9. The van der Waals surface area contributed by atoms with E-state index in [9.17, 15) is 9.59 Å². The van der Waals surface area contributed by atoms with Gasteiger partial charge in [0.25, 0.3) is 0 Å². The number of likely N-dealkylation sites (N-methyl/N-ethyl adjacent to an activating group) is 1. The summed E-state index contributed by atoms with van der Waals surface area (Å²) in [6, 6.07) is 5.38. The average Bonchev–Trinajstić information content (AvgIpc) is 3.47. The molecule has 144 valence electrons. The van der Waals surface area contributed by atoms with Gasteiger partial charge in [0.2, 0.25) is 0 Å². The topological polar surface area (TPSA) is 80.8 Å². The number of carbonyl (C=O) groups excluding carboxylic acids is 1. The predicted molar refractivity (Wildman–Crippen MR) is 107 cm³/mol. The van der Waals surface area contributed by atoms with Crippen LogP contribution in [0.1, 0.15) is 36.3 Å². The number of anilines is 2. The van der Waals surface area contributed by atoms with Gasteiger partial charge in [0.1, 0.15) is 5.69 Å². The van der Waals surface area contributed by atoms with Gasteiger partial charge in [-0.3, -0.25) is 4.79 Å². The number of rotatable bonds is 4. The summed E-state index contributed by atoms with van der Waals surface area (Å²) in [6.45, 7) is 5.76. The fourth-order valence-electron chi connectivity index (χ4n) is 3.80. The lowest BCUT2D eigenvalue weighted by molar-refractivity contribution is 0.0513. The van der Waals surface area contributed by atoms with E-state index in [4.69, 9.17) is 10.5 Å². The summed E-state index contributed by atoms with van der Waals surface area (Å²) in [6.07, 6.45) is 2.00. The van der Waals surface area contributed by atoms with Gasteiger partial charge in [-0.2, -0.15) is 0 Å². The van der Waals surface area contributed by atoms with E-state index in [0.29, 0.717) is 16.8 Å². The lowest BCUT2D eigenvalue weighted by Gasteiger charge is -2.35. The Balaban J connectivity index is 1.88. The highest BCUT2D eigenvalue weighted by Gasteiger charge is 2.30. The number of nitrogens with two attached hydrogens (primary N) is 1. The van der Waals surface area contributed by atoms with Gasteiger partial charge in [0.05, 0.1) is 23.5 Å². The average molecular weight is 370 g/mol. The fourth-order valence-corrected chi connectivity index (χ4v) is 3.80. The third-order valence-corrected chi connectivity index (χ3v) is 5.44. The van der Waals surface area contributed by atoms with E-state index in [0.717, 1.165) is 50.2 Å². The summed E-state index contributed by atoms with van der Waals surface area (Å²) >= 11 is 0. The number of ether oxygens (including phenoxy) is 1. The molecule has 1 saturated heterocycles. The molecular formula is C20H26N4O3. The molecule has 2 N–H and O–H groups in total. The first kappa shape index (κ1) is 17.9. The molecule has 0 radical (unpaired) electrons. The Kier molecular flexibility index (Phi) is 4.55. The van der Waals surface area contributed by atoms with Crippen LogP contribution in [0.25, 0.3) is 10.9 Å². The lowest BCUT2D eigenvalue weighted by atomic mass is 10.1. The van der Waals surface area contributed by atoms with Crippen LogP contribution in [0.15, 0.2) is 23.0 Å². The smallest absolute Gasteiger partial charge is 0.355 e. The van der Waals surface area contributed by atoms with Gasteiger partial charge in [-0.15, -0.1) is 0 Å². The molecule has 27 heavy (non-hydrogen) atoms. The van der Waals surface area contributed by atoms with Gasteiger partial charge in [-0.1, -0.05) is 0 Å². The highest BCUT2D eigenvalue weighted by Crippen LogP contribution is 2.40. The number of piperazine rings is 1. The number of fused-ring (bicyclic) bond motifs is 1. The molecule has 0 bridgehead atoms. The van der Waals surface area contributed by atoms with Crippen LogP contribution in [-0.2, 0) is 4.74 Å². The number of pyridine rings is 1. The number of aromatic nitrogens is 1. The van der Waals surface area contributed by atoms with Crippen molar-refractivity contribution in [2.45, 2.75) is 25.8 Å². The molecule has 4 rings (SSSR count). The molecule has 2 aromatic rings. The Morgan fingerprint density at radius 3 is 2.52 bits per heavy atom. The first-order valence-electron chi connectivity index (χ1n) is 9.59. The number of esters is 1. The van der Waals surface area contributed by atoms with E-state index in [1.54, 1.807) is 13.0 Å². The minimum absolute atomic E-state index is 0.193. The Hall–Kier alpha value is -2.54. The van der Waals surface area contributed by atoms with Gasteiger partial charge in [0, 0.05) is 43.7 Å². The SMILES string of the molecule is CCOC(=O)c1cc(=O)c2cc(N)c(N3CCN(C)CC3)cc2n1C1CC1. The van der Waals surface area contributed by atoms with Crippen LogP contribution < -0.4 is 16.1 Å². The number of hydrogen-bond acceptors (Lipinski definition) is 6. The van der Waals surface area contributed by atoms with Gasteiger partial charge in [0.15, 0.2) is 5.43 Å². The van der Waals surface area contributed by atoms with Crippen molar-refractivity contribution in [1.29, 1.82) is 0 Å². The molecule has 1 aromatic heterocycles. The molecular weight excluding hydrogens is 344 g/mol. The number of carbonyl (C=O) groups is 1. The molecule has 1 saturated carbocycles. The van der Waals surface area contributed by atoms with E-state index in [1.807, 2.05) is 10.6 Å². The van der Waals surface area contributed by atoms with Crippen molar-refractivity contribution in [3.8, 4) is 0 Å². The maximum absolute atomic E-state index is 12.7. The maximum atomic E-state index is 12.7. The quantitative estimate of drug-likeness (QED) is 0.653. The van der Waals surface area contributed by atoms with Crippen molar-refractivity contribution in [2.24, 2.45) is 0 Å². The van der Waals surface area contributed by atoms with Crippen molar-refractivity contribution in [1.82, 2.24) is 9.47 Å². The highest BCUT2D eigenvalue weighted by atomic mass is 16.5. The third kappa shape index (κ3) is 3.27. The zero-order chi connectivity index (χ0) is 19.1. The van der Waals surface area contributed by atoms with E-state index >= 15 is 0 Å². The summed E-state index contributed by atoms with van der Waals surface area (Å²) in [5.41, 5.74) is 8.78. The third-order valence-electron chi connectivity index (χ3n) is 5.44. The molecule has 0 spiro atoms. The van der Waals surface area contributed by atoms with E-state index in [2.05, 4.69) is 16.8 Å². The molecule has 0 atom stereocenters. The largest absolute Gasteiger partial charge is 0.461 e. The molecule has 2 heterocycles. The second-order valence-electron chi connectivity index (χ2n) is 7.43. The second kappa shape index (κ2) is 6.88. The summed E-state index contributed by atoms with van der Waals surface area (Å²) in [4.78, 5) is 29.7. The highest BCUT2D eigenvalue weighted by molar-refractivity contribution is 5.95. The Morgan fingerprint density at radius 1 is 1.19 bits per heavy atom. The first-order valence-corrected chi connectivity index (χ1v) is 9.59. The van der Waals surface area contributed by atoms with Crippen LogP contribution in [0.3, 0.4) is 0 Å². The zero-order valence-electron chi connectivity index (χ0n) is 15.9. The molecule has 1 aliphatic heterocycles. The van der Waals surface area contributed by atoms with Crippen LogP contribution in [0.4, 0.5) is 11.4 Å². The first-order chi connectivity index (χ1) is 13.0. The van der Waals surface area contributed by atoms with Crippen LogP contribution in [0, 0.1) is 0 Å². The van der Waals surface area contributed by atoms with Crippen LogP contribution >= 0.6 is 0 Å². The minimum atomic E-state index is -0.443. The summed E-state index contributed by atoms with van der Waals surface area (Å²) in [5, 5.41) is 0.560. The van der Waals surface area contributed by atoms with Crippen molar-refractivity contribution in [3.63, 3.8) is 0 Å². The summed E-state index contributed by atoms with van der Waals surface area (Å²) in [5.74, 6) is -0.443. The van der Waals surface area contributed by atoms with Crippen molar-refractivity contribution < 1.29 is 9.53 Å². The maximum Gasteiger partial charge on any atom is 0.355 e. The van der Waals surface area contributed by atoms with Gasteiger partial charge < -0.3 is 24.8 Å². The van der Waals surface area contributed by atoms with Crippen LogP contribution in [0.5, 0.6) is 0 Å². The summed E-state index contributed by atoms with van der Waals surface area (Å²) in [7, 11) is 2.11. The van der Waals surface area contributed by atoms with Crippen molar-refractivity contribution in [2.75, 3.05) is 50.5 Å². The van der Waals surface area contributed by atoms with Gasteiger partial charge in [-0.25, -0.2) is 4.79 Å². The Bertz CT molecular complexity index is 940. The van der Waals surface area contributed by atoms with Crippen molar-refractivity contribution >= 4 is 28.2 Å². The molecule has 7 nitrogen and oxygen atoms in total. The number of benzene rings is 1. The monoisotopic (exact) mass is 370 g/mol. The minimum Gasteiger partial charge on any atom is -0.461 e. The normalized spacial score (nSPS) is 18.1. The van der Waals surface area contributed by atoms with E-state index < -0.39 is 5.97 Å². The molecule has 2 aliphatic rings. The summed E-state index contributed by atoms with van der Waals surface area (Å²) < 4.78 is 7.17.